The molecule has 0 aromatic carbocycles. The van der Waals surface area contributed by atoms with Gasteiger partial charge in [-0.05, 0) is 17.7 Å². The molecule has 0 atom stereocenters. The Morgan fingerprint density at radius 2 is 2.47 bits per heavy atom. The third-order valence-electron chi connectivity index (χ3n) is 1.80. The molecule has 0 saturated carbocycles. The van der Waals surface area contributed by atoms with Gasteiger partial charge in [0.15, 0.2) is 0 Å². The van der Waals surface area contributed by atoms with Crippen LogP contribution in [0.2, 0.25) is 0 Å². The van der Waals surface area contributed by atoms with Gasteiger partial charge in [0.25, 0.3) is 0 Å². The Labute approximate surface area is 93.4 Å². The lowest BCUT2D eigenvalue weighted by Crippen LogP contribution is -2.03. The van der Waals surface area contributed by atoms with Crippen LogP contribution in [0.25, 0.3) is 0 Å². The van der Waals surface area contributed by atoms with Crippen LogP contribution in [0.3, 0.4) is 0 Å². The summed E-state index contributed by atoms with van der Waals surface area (Å²) >= 11 is 1.53. The number of thioether (sulfide) groups is 1. The Kier molecular flexibility index (Phi) is 4.97. The second-order valence-electron chi connectivity index (χ2n) is 2.87. The van der Waals surface area contributed by atoms with Gasteiger partial charge in [-0.25, -0.2) is 4.98 Å². The molecule has 0 fully saturated rings. The Balaban J connectivity index is 2.40. The molecule has 0 radical (unpaired) electrons. The van der Waals surface area contributed by atoms with Crippen molar-refractivity contribution in [3.05, 3.63) is 23.9 Å². The van der Waals surface area contributed by atoms with E-state index in [0.29, 0.717) is 5.75 Å². The molecule has 1 aromatic rings. The van der Waals surface area contributed by atoms with E-state index in [0.717, 1.165) is 17.1 Å². The average molecular weight is 226 g/mol. The number of nitrogens with one attached hydrogen (secondary N) is 1. The summed E-state index contributed by atoms with van der Waals surface area (Å²) < 4.78 is 4.55. The SMILES string of the molecule is CNc1cc(CSCC(=O)OC)ccn1. The summed E-state index contributed by atoms with van der Waals surface area (Å²) in [6.07, 6.45) is 1.75. The molecule has 1 N–H and O–H groups in total. The molecule has 0 spiro atoms. The summed E-state index contributed by atoms with van der Waals surface area (Å²) in [5.41, 5.74) is 1.14. The minimum Gasteiger partial charge on any atom is -0.468 e. The molecule has 1 rings (SSSR count). The molecular weight excluding hydrogens is 212 g/mol. The normalized spacial score (nSPS) is 9.73. The van der Waals surface area contributed by atoms with E-state index < -0.39 is 0 Å². The molecule has 15 heavy (non-hydrogen) atoms. The van der Waals surface area contributed by atoms with Gasteiger partial charge in [0.05, 0.1) is 12.9 Å². The number of carbonyl (C=O) groups is 1. The number of hydrogen-bond donors (Lipinski definition) is 1. The number of esters is 1. The number of nitrogens with zero attached hydrogens (tertiary/aromatic N) is 1. The molecule has 0 saturated heterocycles. The molecule has 4 nitrogen and oxygen atoms in total. The van der Waals surface area contributed by atoms with Crippen LogP contribution < -0.4 is 5.32 Å². The molecule has 0 aliphatic carbocycles. The fourth-order valence-electron chi connectivity index (χ4n) is 1.01. The van der Waals surface area contributed by atoms with Crippen molar-refractivity contribution in [3.63, 3.8) is 0 Å². The first-order valence-electron chi connectivity index (χ1n) is 4.53. The molecular formula is C10H14N2O2S. The predicted octanol–water partition coefficient (Wildman–Crippen LogP) is 1.53. The number of ether oxygens (including phenoxy) is 1. The topological polar surface area (TPSA) is 51.2 Å². The van der Waals surface area contributed by atoms with E-state index in [9.17, 15) is 4.79 Å². The first-order valence-corrected chi connectivity index (χ1v) is 5.69. The Morgan fingerprint density at radius 1 is 1.67 bits per heavy atom. The molecule has 82 valence electrons. The van der Waals surface area contributed by atoms with Crippen LogP contribution >= 0.6 is 11.8 Å². The van der Waals surface area contributed by atoms with E-state index in [2.05, 4.69) is 15.0 Å². The molecule has 0 aliphatic rings. The van der Waals surface area contributed by atoms with Crippen molar-refractivity contribution in [1.29, 1.82) is 0 Å². The van der Waals surface area contributed by atoms with Crippen molar-refractivity contribution >= 4 is 23.5 Å². The van der Waals surface area contributed by atoms with Gasteiger partial charge in [0.1, 0.15) is 5.82 Å². The van der Waals surface area contributed by atoms with Gasteiger partial charge in [0.2, 0.25) is 0 Å². The van der Waals surface area contributed by atoms with Gasteiger partial charge in [-0.15, -0.1) is 11.8 Å². The first kappa shape index (κ1) is 11.8. The summed E-state index contributed by atoms with van der Waals surface area (Å²) in [5, 5.41) is 2.97. The third-order valence-corrected chi connectivity index (χ3v) is 2.77. The number of aromatic nitrogens is 1. The van der Waals surface area contributed by atoms with Crippen molar-refractivity contribution in [3.8, 4) is 0 Å². The summed E-state index contributed by atoms with van der Waals surface area (Å²) in [6.45, 7) is 0. The van der Waals surface area contributed by atoms with Crippen molar-refractivity contribution in [1.82, 2.24) is 4.98 Å². The summed E-state index contributed by atoms with van der Waals surface area (Å²) in [6, 6.07) is 3.90. The highest BCUT2D eigenvalue weighted by atomic mass is 32.2. The van der Waals surface area contributed by atoms with E-state index in [1.54, 1.807) is 6.20 Å². The van der Waals surface area contributed by atoms with Crippen molar-refractivity contribution in [2.75, 3.05) is 25.2 Å². The number of rotatable bonds is 5. The molecule has 0 bridgehead atoms. The molecule has 5 heteroatoms. The van der Waals surface area contributed by atoms with E-state index in [1.807, 2.05) is 19.2 Å². The van der Waals surface area contributed by atoms with Crippen LogP contribution in [0.4, 0.5) is 5.82 Å². The van der Waals surface area contributed by atoms with E-state index >= 15 is 0 Å². The summed E-state index contributed by atoms with van der Waals surface area (Å²) in [7, 11) is 3.22. The Morgan fingerprint density at radius 3 is 3.13 bits per heavy atom. The fraction of sp³-hybridized carbons (Fsp3) is 0.400. The Bertz CT molecular complexity index is 331. The van der Waals surface area contributed by atoms with Crippen LogP contribution in [-0.2, 0) is 15.3 Å². The van der Waals surface area contributed by atoms with Gasteiger partial charge in [0, 0.05) is 19.0 Å². The monoisotopic (exact) mass is 226 g/mol. The minimum absolute atomic E-state index is 0.192. The zero-order chi connectivity index (χ0) is 11.1. The molecule has 0 aliphatic heterocycles. The second-order valence-corrected chi connectivity index (χ2v) is 3.85. The fourth-order valence-corrected chi connectivity index (χ4v) is 1.81. The maximum Gasteiger partial charge on any atom is 0.315 e. The number of methoxy groups -OCH3 is 1. The largest absolute Gasteiger partial charge is 0.468 e. The highest BCUT2D eigenvalue weighted by Gasteiger charge is 2.01. The van der Waals surface area contributed by atoms with Gasteiger partial charge in [-0.3, -0.25) is 4.79 Å². The Hall–Kier alpha value is -1.23. The maximum atomic E-state index is 10.9. The van der Waals surface area contributed by atoms with Crippen LogP contribution in [-0.4, -0.2) is 30.9 Å². The van der Waals surface area contributed by atoms with E-state index in [1.165, 1.54) is 18.9 Å². The highest BCUT2D eigenvalue weighted by molar-refractivity contribution is 7.99. The maximum absolute atomic E-state index is 10.9. The van der Waals surface area contributed by atoms with Crippen LogP contribution in [0.1, 0.15) is 5.56 Å². The average Bonchev–Trinajstić information content (AvgIpc) is 2.29. The van der Waals surface area contributed by atoms with Crippen LogP contribution in [0.5, 0.6) is 0 Å². The van der Waals surface area contributed by atoms with Crippen LogP contribution in [0, 0.1) is 0 Å². The van der Waals surface area contributed by atoms with Crippen LogP contribution in [0.15, 0.2) is 18.3 Å². The summed E-state index contributed by atoms with van der Waals surface area (Å²) in [5.74, 6) is 1.81. The minimum atomic E-state index is -0.192. The van der Waals surface area contributed by atoms with E-state index in [-0.39, 0.29) is 5.97 Å². The second kappa shape index (κ2) is 6.29. The van der Waals surface area contributed by atoms with Gasteiger partial charge in [-0.2, -0.15) is 0 Å². The number of anilines is 1. The smallest absolute Gasteiger partial charge is 0.315 e. The highest BCUT2D eigenvalue weighted by Crippen LogP contribution is 2.14. The predicted molar refractivity (Wildman–Crippen MR) is 62.0 cm³/mol. The molecule has 0 amide bonds. The van der Waals surface area contributed by atoms with Gasteiger partial charge < -0.3 is 10.1 Å². The number of pyridine rings is 1. The van der Waals surface area contributed by atoms with Gasteiger partial charge in [-0.1, -0.05) is 0 Å². The molecule has 1 aromatic heterocycles. The third kappa shape index (κ3) is 4.20. The lowest BCUT2D eigenvalue weighted by atomic mass is 10.3. The standard InChI is InChI=1S/C10H14N2O2S/c1-11-9-5-8(3-4-12-9)6-15-7-10(13)14-2/h3-5H,6-7H2,1-2H3,(H,11,12). The van der Waals surface area contributed by atoms with E-state index in [4.69, 9.17) is 0 Å². The lowest BCUT2D eigenvalue weighted by molar-refractivity contribution is -0.137. The van der Waals surface area contributed by atoms with Crippen molar-refractivity contribution in [2.45, 2.75) is 5.75 Å². The van der Waals surface area contributed by atoms with Crippen molar-refractivity contribution < 1.29 is 9.53 Å². The number of hydrogen-bond acceptors (Lipinski definition) is 5. The zero-order valence-corrected chi connectivity index (χ0v) is 9.63. The van der Waals surface area contributed by atoms with Crippen molar-refractivity contribution in [2.24, 2.45) is 0 Å². The van der Waals surface area contributed by atoms with Gasteiger partial charge >= 0.3 is 5.97 Å². The number of carbonyl (C=O) groups excluding carboxylic acids is 1. The lowest BCUT2D eigenvalue weighted by Gasteiger charge is -2.03. The summed E-state index contributed by atoms with van der Waals surface area (Å²) in [4.78, 5) is 15.0. The molecule has 0 unspecified atom stereocenters. The quantitative estimate of drug-likeness (QED) is 0.772. The zero-order valence-electron chi connectivity index (χ0n) is 8.82. The first-order chi connectivity index (χ1) is 7.26. The molecule has 1 heterocycles.